The van der Waals surface area contributed by atoms with E-state index in [-0.39, 0.29) is 17.9 Å². The van der Waals surface area contributed by atoms with Gasteiger partial charge in [0.15, 0.2) is 0 Å². The summed E-state index contributed by atoms with van der Waals surface area (Å²) < 4.78 is 6.27. The van der Waals surface area contributed by atoms with Crippen LogP contribution >= 0.6 is 0 Å². The molecule has 2 amide bonds. The molecule has 0 aliphatic carbocycles. The lowest BCUT2D eigenvalue weighted by Gasteiger charge is -2.27. The smallest absolute Gasteiger partial charge is 0.234 e. The van der Waals surface area contributed by atoms with E-state index in [0.717, 1.165) is 11.3 Å². The molecule has 4 atom stereocenters. The number of fused-ring (bicyclic) bond motifs is 1. The molecule has 3 aliphatic heterocycles. The molecule has 5 rings (SSSR count). The lowest BCUT2D eigenvalue weighted by molar-refractivity contribution is -0.139. The van der Waals surface area contributed by atoms with Gasteiger partial charge in [-0.2, -0.15) is 0 Å². The zero-order chi connectivity index (χ0) is 21.8. The van der Waals surface area contributed by atoms with Gasteiger partial charge < -0.3 is 14.5 Å². The van der Waals surface area contributed by atoms with Crippen LogP contribution in [-0.2, 0) is 20.9 Å². The van der Waals surface area contributed by atoms with Crippen molar-refractivity contribution in [2.24, 2.45) is 11.8 Å². The second kappa shape index (κ2) is 7.31. The maximum atomic E-state index is 13.5. The summed E-state index contributed by atoms with van der Waals surface area (Å²) in [6.45, 7) is 5.19. The van der Waals surface area contributed by atoms with Crippen LogP contribution in [0.4, 0.5) is 5.69 Å². The topological polar surface area (TPSA) is 62.7 Å². The Morgan fingerprint density at radius 3 is 2.74 bits per heavy atom. The molecule has 0 unspecified atom stereocenters. The minimum Gasteiger partial charge on any atom is -0.360 e. The van der Waals surface area contributed by atoms with Gasteiger partial charge in [0, 0.05) is 31.7 Å². The molecule has 0 N–H and O–H groups in total. The SMILES string of the molecule is CC(C)c1ccc(N2C[C@]34C=C[C@H](O3)[C@@H](C(=O)N(C)Cc3cccnc3)[C@H]4C2=O)cc1. The summed E-state index contributed by atoms with van der Waals surface area (Å²) >= 11 is 0. The van der Waals surface area contributed by atoms with Gasteiger partial charge in [0.2, 0.25) is 11.8 Å². The molecule has 0 radical (unpaired) electrons. The Hall–Kier alpha value is -2.99. The Labute approximate surface area is 182 Å². The number of rotatable bonds is 5. The molecule has 3 aliphatic rings. The van der Waals surface area contributed by atoms with E-state index >= 15 is 0 Å². The van der Waals surface area contributed by atoms with Gasteiger partial charge >= 0.3 is 0 Å². The van der Waals surface area contributed by atoms with Crippen molar-refractivity contribution in [3.63, 3.8) is 0 Å². The molecule has 1 aromatic heterocycles. The van der Waals surface area contributed by atoms with Crippen molar-refractivity contribution in [1.29, 1.82) is 0 Å². The van der Waals surface area contributed by atoms with Gasteiger partial charge in [-0.15, -0.1) is 0 Å². The number of ether oxygens (including phenoxy) is 1. The Morgan fingerprint density at radius 2 is 2.06 bits per heavy atom. The van der Waals surface area contributed by atoms with Crippen molar-refractivity contribution < 1.29 is 14.3 Å². The highest BCUT2D eigenvalue weighted by atomic mass is 16.5. The van der Waals surface area contributed by atoms with Crippen LogP contribution in [0.5, 0.6) is 0 Å². The lowest BCUT2D eigenvalue weighted by Crippen LogP contribution is -2.44. The highest BCUT2D eigenvalue weighted by Crippen LogP contribution is 2.53. The number of hydrogen-bond acceptors (Lipinski definition) is 4. The monoisotopic (exact) mass is 417 g/mol. The quantitative estimate of drug-likeness (QED) is 0.701. The lowest BCUT2D eigenvalue weighted by atomic mass is 9.76. The second-order valence-electron chi connectivity index (χ2n) is 9.13. The summed E-state index contributed by atoms with van der Waals surface area (Å²) in [5.41, 5.74) is 2.33. The molecule has 2 bridgehead atoms. The van der Waals surface area contributed by atoms with E-state index in [2.05, 4.69) is 31.0 Å². The fraction of sp³-hybridized carbons (Fsp3) is 0.400. The third-order valence-corrected chi connectivity index (χ3v) is 6.78. The first-order valence-electron chi connectivity index (χ1n) is 10.8. The number of aromatic nitrogens is 1. The first-order valence-corrected chi connectivity index (χ1v) is 10.8. The Bertz CT molecular complexity index is 1030. The van der Waals surface area contributed by atoms with Crippen LogP contribution in [0.25, 0.3) is 0 Å². The van der Waals surface area contributed by atoms with Crippen molar-refractivity contribution in [2.75, 3.05) is 18.5 Å². The molecule has 0 saturated carbocycles. The third kappa shape index (κ3) is 3.17. The molecule has 6 nitrogen and oxygen atoms in total. The first-order chi connectivity index (χ1) is 14.9. The molecule has 2 saturated heterocycles. The van der Waals surface area contributed by atoms with Crippen LogP contribution < -0.4 is 4.90 Å². The van der Waals surface area contributed by atoms with Gasteiger partial charge in [-0.25, -0.2) is 0 Å². The van der Waals surface area contributed by atoms with Gasteiger partial charge in [0.05, 0.1) is 24.5 Å². The minimum absolute atomic E-state index is 0.0303. The molecule has 1 spiro atoms. The molecular weight excluding hydrogens is 390 g/mol. The van der Waals surface area contributed by atoms with Gasteiger partial charge in [-0.3, -0.25) is 14.6 Å². The summed E-state index contributed by atoms with van der Waals surface area (Å²) in [4.78, 5) is 34.5. The number of benzene rings is 1. The number of pyridine rings is 1. The first kappa shape index (κ1) is 19.9. The van der Waals surface area contributed by atoms with Gasteiger partial charge in [-0.1, -0.05) is 44.2 Å². The molecule has 2 fully saturated rings. The second-order valence-corrected chi connectivity index (χ2v) is 9.13. The minimum atomic E-state index is -0.714. The molecule has 4 heterocycles. The number of carbonyl (C=O) groups is 2. The van der Waals surface area contributed by atoms with Crippen molar-refractivity contribution in [3.05, 3.63) is 72.1 Å². The van der Waals surface area contributed by atoms with E-state index in [4.69, 9.17) is 4.74 Å². The predicted octanol–water partition coefficient (Wildman–Crippen LogP) is 3.15. The largest absolute Gasteiger partial charge is 0.360 e. The highest BCUT2D eigenvalue weighted by molar-refractivity contribution is 6.03. The number of hydrogen-bond donors (Lipinski definition) is 0. The fourth-order valence-corrected chi connectivity index (χ4v) is 5.14. The molecule has 160 valence electrons. The Kier molecular flexibility index (Phi) is 4.70. The fourth-order valence-electron chi connectivity index (χ4n) is 5.14. The van der Waals surface area contributed by atoms with Crippen LogP contribution in [0.3, 0.4) is 0 Å². The maximum absolute atomic E-state index is 13.5. The molecule has 1 aromatic carbocycles. The van der Waals surface area contributed by atoms with E-state index in [9.17, 15) is 9.59 Å². The van der Waals surface area contributed by atoms with Crippen LogP contribution in [0.2, 0.25) is 0 Å². The zero-order valence-corrected chi connectivity index (χ0v) is 18.1. The average Bonchev–Trinajstić information content (AvgIpc) is 3.42. The summed E-state index contributed by atoms with van der Waals surface area (Å²) in [7, 11) is 1.78. The van der Waals surface area contributed by atoms with Gasteiger partial charge in [-0.05, 0) is 35.2 Å². The number of nitrogens with zero attached hydrogens (tertiary/aromatic N) is 3. The summed E-state index contributed by atoms with van der Waals surface area (Å²) in [5.74, 6) is -0.650. The number of anilines is 1. The van der Waals surface area contributed by atoms with Crippen molar-refractivity contribution in [3.8, 4) is 0 Å². The number of amides is 2. The number of carbonyl (C=O) groups excluding carboxylic acids is 2. The van der Waals surface area contributed by atoms with Gasteiger partial charge in [0.1, 0.15) is 5.60 Å². The summed E-state index contributed by atoms with van der Waals surface area (Å²) in [6, 6.07) is 11.9. The summed E-state index contributed by atoms with van der Waals surface area (Å²) in [5, 5.41) is 0. The van der Waals surface area contributed by atoms with Crippen molar-refractivity contribution >= 4 is 17.5 Å². The third-order valence-electron chi connectivity index (χ3n) is 6.78. The average molecular weight is 418 g/mol. The van der Waals surface area contributed by atoms with Crippen molar-refractivity contribution in [1.82, 2.24) is 9.88 Å². The van der Waals surface area contributed by atoms with E-state index in [1.165, 1.54) is 5.56 Å². The Morgan fingerprint density at radius 1 is 1.29 bits per heavy atom. The van der Waals surface area contributed by atoms with Crippen LogP contribution in [0.1, 0.15) is 30.9 Å². The van der Waals surface area contributed by atoms with Gasteiger partial charge in [0.25, 0.3) is 0 Å². The molecule has 2 aromatic rings. The van der Waals surface area contributed by atoms with E-state index in [1.54, 1.807) is 29.2 Å². The molecule has 6 heteroatoms. The normalized spacial score (nSPS) is 28.5. The highest BCUT2D eigenvalue weighted by Gasteiger charge is 2.67. The van der Waals surface area contributed by atoms with E-state index in [0.29, 0.717) is 19.0 Å². The van der Waals surface area contributed by atoms with E-state index in [1.807, 2.05) is 36.4 Å². The molecule has 31 heavy (non-hydrogen) atoms. The standard InChI is InChI=1S/C25H27N3O3/c1-16(2)18-6-8-19(9-7-18)28-15-25-11-10-20(31-25)21(22(25)24(28)30)23(29)27(3)14-17-5-4-12-26-13-17/h4-13,16,20-22H,14-15H2,1-3H3/t20-,21+,22-,25-/m0/s1. The molecular formula is C25H27N3O3. The van der Waals surface area contributed by atoms with Crippen LogP contribution in [0.15, 0.2) is 60.9 Å². The van der Waals surface area contributed by atoms with Crippen LogP contribution in [0, 0.1) is 11.8 Å². The summed E-state index contributed by atoms with van der Waals surface area (Å²) in [6.07, 6.45) is 7.07. The van der Waals surface area contributed by atoms with Crippen LogP contribution in [-0.4, -0.2) is 47.0 Å². The van der Waals surface area contributed by atoms with Crippen molar-refractivity contribution in [2.45, 2.75) is 38.0 Å². The maximum Gasteiger partial charge on any atom is 0.234 e. The zero-order valence-electron chi connectivity index (χ0n) is 18.1. The predicted molar refractivity (Wildman–Crippen MR) is 117 cm³/mol. The Balaban J connectivity index is 1.39. The van der Waals surface area contributed by atoms with E-state index < -0.39 is 17.4 Å².